The van der Waals surface area contributed by atoms with Gasteiger partial charge in [-0.05, 0) is 41.5 Å². The number of pyridine rings is 1. The lowest BCUT2D eigenvalue weighted by molar-refractivity contribution is 0.462. The van der Waals surface area contributed by atoms with E-state index in [9.17, 15) is 0 Å². The van der Waals surface area contributed by atoms with Gasteiger partial charge in [0.15, 0.2) is 0 Å². The molecule has 0 spiro atoms. The summed E-state index contributed by atoms with van der Waals surface area (Å²) in [6.07, 6.45) is 1.72. The standard InChI is InChI=1S/C17H16N2O/c1-12(18)14-8-9-19-17(11-14)20-16-7-6-13-4-2-3-5-15(13)10-16/h2-12H,18H2,1H3/t12-/m0/s1. The van der Waals surface area contributed by atoms with E-state index >= 15 is 0 Å². The first-order chi connectivity index (χ1) is 9.72. The van der Waals surface area contributed by atoms with Crippen LogP contribution in [0.15, 0.2) is 60.8 Å². The number of hydrogen-bond acceptors (Lipinski definition) is 3. The number of rotatable bonds is 3. The van der Waals surface area contributed by atoms with Gasteiger partial charge in [0.25, 0.3) is 0 Å². The first-order valence-electron chi connectivity index (χ1n) is 6.60. The van der Waals surface area contributed by atoms with Gasteiger partial charge in [0.1, 0.15) is 5.75 Å². The summed E-state index contributed by atoms with van der Waals surface area (Å²) in [6, 6.07) is 17.9. The summed E-state index contributed by atoms with van der Waals surface area (Å²) in [5, 5.41) is 2.34. The van der Waals surface area contributed by atoms with E-state index in [0.29, 0.717) is 5.88 Å². The molecule has 0 aliphatic rings. The summed E-state index contributed by atoms with van der Waals surface area (Å²) in [6.45, 7) is 1.94. The van der Waals surface area contributed by atoms with Crippen LogP contribution >= 0.6 is 0 Å². The quantitative estimate of drug-likeness (QED) is 0.776. The zero-order valence-electron chi connectivity index (χ0n) is 11.3. The van der Waals surface area contributed by atoms with Crippen molar-refractivity contribution in [2.45, 2.75) is 13.0 Å². The highest BCUT2D eigenvalue weighted by molar-refractivity contribution is 5.83. The Kier molecular flexibility index (Phi) is 3.35. The van der Waals surface area contributed by atoms with E-state index in [1.54, 1.807) is 6.20 Å². The van der Waals surface area contributed by atoms with Gasteiger partial charge in [-0.15, -0.1) is 0 Å². The number of nitrogens with zero attached hydrogens (tertiary/aromatic N) is 1. The molecule has 0 bridgehead atoms. The van der Waals surface area contributed by atoms with E-state index < -0.39 is 0 Å². The summed E-state index contributed by atoms with van der Waals surface area (Å²) >= 11 is 0. The van der Waals surface area contributed by atoms with Crippen LogP contribution in [0.3, 0.4) is 0 Å². The molecule has 0 aliphatic heterocycles. The lowest BCUT2D eigenvalue weighted by Gasteiger charge is -2.09. The second-order valence-corrected chi connectivity index (χ2v) is 4.83. The predicted molar refractivity (Wildman–Crippen MR) is 80.9 cm³/mol. The van der Waals surface area contributed by atoms with Gasteiger partial charge in [-0.2, -0.15) is 0 Å². The van der Waals surface area contributed by atoms with E-state index in [1.807, 2.05) is 49.4 Å². The van der Waals surface area contributed by atoms with Gasteiger partial charge < -0.3 is 10.5 Å². The van der Waals surface area contributed by atoms with Crippen molar-refractivity contribution < 1.29 is 4.74 Å². The maximum atomic E-state index is 5.87. The van der Waals surface area contributed by atoms with Crippen molar-refractivity contribution in [1.29, 1.82) is 0 Å². The van der Waals surface area contributed by atoms with Gasteiger partial charge >= 0.3 is 0 Å². The minimum atomic E-state index is -0.0306. The van der Waals surface area contributed by atoms with Gasteiger partial charge in [-0.1, -0.05) is 30.3 Å². The fourth-order valence-corrected chi connectivity index (χ4v) is 2.12. The van der Waals surface area contributed by atoms with Crippen molar-refractivity contribution in [2.75, 3.05) is 0 Å². The Bertz CT molecular complexity index is 738. The lowest BCUT2D eigenvalue weighted by Crippen LogP contribution is -2.05. The molecule has 1 heterocycles. The van der Waals surface area contributed by atoms with Crippen LogP contribution in [0.2, 0.25) is 0 Å². The average Bonchev–Trinajstić information content (AvgIpc) is 2.47. The molecule has 3 heteroatoms. The van der Waals surface area contributed by atoms with Crippen molar-refractivity contribution in [1.82, 2.24) is 4.98 Å². The number of fused-ring (bicyclic) bond motifs is 1. The Labute approximate surface area is 118 Å². The molecule has 0 radical (unpaired) electrons. The predicted octanol–water partition coefficient (Wildman–Crippen LogP) is 4.05. The molecule has 1 atom stereocenters. The van der Waals surface area contributed by atoms with Crippen LogP contribution in [0.25, 0.3) is 10.8 Å². The summed E-state index contributed by atoms with van der Waals surface area (Å²) in [7, 11) is 0. The monoisotopic (exact) mass is 264 g/mol. The number of ether oxygens (including phenoxy) is 1. The second-order valence-electron chi connectivity index (χ2n) is 4.83. The molecule has 3 rings (SSSR count). The van der Waals surface area contributed by atoms with E-state index in [1.165, 1.54) is 5.39 Å². The van der Waals surface area contributed by atoms with Crippen LogP contribution in [-0.4, -0.2) is 4.98 Å². The normalized spacial score (nSPS) is 12.3. The van der Waals surface area contributed by atoms with Gasteiger partial charge in [0.05, 0.1) is 0 Å². The highest BCUT2D eigenvalue weighted by atomic mass is 16.5. The zero-order chi connectivity index (χ0) is 13.9. The average molecular weight is 264 g/mol. The highest BCUT2D eigenvalue weighted by Crippen LogP contribution is 2.25. The Morgan fingerprint density at radius 3 is 2.60 bits per heavy atom. The topological polar surface area (TPSA) is 48.1 Å². The second kappa shape index (κ2) is 5.31. The molecule has 0 saturated carbocycles. The maximum absolute atomic E-state index is 5.87. The molecule has 3 aromatic rings. The van der Waals surface area contributed by atoms with Gasteiger partial charge in [0, 0.05) is 18.3 Å². The molecular formula is C17H16N2O. The van der Waals surface area contributed by atoms with E-state index in [4.69, 9.17) is 10.5 Å². The van der Waals surface area contributed by atoms with Gasteiger partial charge in [0.2, 0.25) is 5.88 Å². The van der Waals surface area contributed by atoms with Crippen molar-refractivity contribution in [3.05, 3.63) is 66.4 Å². The maximum Gasteiger partial charge on any atom is 0.219 e. The fourth-order valence-electron chi connectivity index (χ4n) is 2.12. The van der Waals surface area contributed by atoms with Gasteiger partial charge in [-0.3, -0.25) is 0 Å². The Balaban J connectivity index is 1.90. The Morgan fingerprint density at radius 1 is 1.00 bits per heavy atom. The fraction of sp³-hybridized carbons (Fsp3) is 0.118. The molecular weight excluding hydrogens is 248 g/mol. The molecule has 0 unspecified atom stereocenters. The highest BCUT2D eigenvalue weighted by Gasteiger charge is 2.04. The number of hydrogen-bond donors (Lipinski definition) is 1. The van der Waals surface area contributed by atoms with Crippen LogP contribution in [0.4, 0.5) is 0 Å². The summed E-state index contributed by atoms with van der Waals surface area (Å²) in [5.74, 6) is 1.34. The number of benzene rings is 2. The van der Waals surface area contributed by atoms with Gasteiger partial charge in [-0.25, -0.2) is 4.98 Å². The van der Waals surface area contributed by atoms with E-state index in [-0.39, 0.29) is 6.04 Å². The molecule has 3 nitrogen and oxygen atoms in total. The number of nitrogens with two attached hydrogens (primary N) is 1. The third kappa shape index (κ3) is 2.63. The number of aromatic nitrogens is 1. The minimum Gasteiger partial charge on any atom is -0.439 e. The Hall–Kier alpha value is -2.39. The lowest BCUT2D eigenvalue weighted by atomic mass is 10.1. The van der Waals surface area contributed by atoms with Crippen LogP contribution in [0.5, 0.6) is 11.6 Å². The summed E-state index contributed by atoms with van der Waals surface area (Å²) in [5.41, 5.74) is 6.88. The minimum absolute atomic E-state index is 0.0306. The summed E-state index contributed by atoms with van der Waals surface area (Å²) < 4.78 is 5.81. The van der Waals surface area contributed by atoms with Crippen molar-refractivity contribution in [3.63, 3.8) is 0 Å². The van der Waals surface area contributed by atoms with Crippen molar-refractivity contribution in [2.24, 2.45) is 5.73 Å². The molecule has 2 N–H and O–H groups in total. The molecule has 1 aromatic heterocycles. The molecule has 100 valence electrons. The first-order valence-corrected chi connectivity index (χ1v) is 6.60. The molecule has 0 saturated heterocycles. The van der Waals surface area contributed by atoms with E-state index in [2.05, 4.69) is 17.1 Å². The molecule has 2 aromatic carbocycles. The van der Waals surface area contributed by atoms with Crippen LogP contribution in [0.1, 0.15) is 18.5 Å². The largest absolute Gasteiger partial charge is 0.439 e. The molecule has 0 aliphatic carbocycles. The molecule has 0 amide bonds. The molecule has 20 heavy (non-hydrogen) atoms. The SMILES string of the molecule is C[C@H](N)c1ccnc(Oc2ccc3ccccc3c2)c1. The molecule has 0 fully saturated rings. The van der Waals surface area contributed by atoms with Crippen LogP contribution in [-0.2, 0) is 0 Å². The first kappa shape index (κ1) is 12.6. The smallest absolute Gasteiger partial charge is 0.219 e. The zero-order valence-corrected chi connectivity index (χ0v) is 11.3. The van der Waals surface area contributed by atoms with E-state index in [0.717, 1.165) is 16.7 Å². The third-order valence-electron chi connectivity index (χ3n) is 3.23. The van der Waals surface area contributed by atoms with Crippen molar-refractivity contribution in [3.8, 4) is 11.6 Å². The Morgan fingerprint density at radius 2 is 1.80 bits per heavy atom. The van der Waals surface area contributed by atoms with Crippen LogP contribution in [0, 0.1) is 0 Å². The van der Waals surface area contributed by atoms with Crippen LogP contribution < -0.4 is 10.5 Å². The van der Waals surface area contributed by atoms with Crippen molar-refractivity contribution >= 4 is 10.8 Å². The summed E-state index contributed by atoms with van der Waals surface area (Å²) in [4.78, 5) is 4.22. The third-order valence-corrected chi connectivity index (χ3v) is 3.23.